The Balaban J connectivity index is 3.23. The molecule has 2 nitrogen and oxygen atoms in total. The number of benzene rings is 1. The molecule has 0 saturated carbocycles. The van der Waals surface area contributed by atoms with Gasteiger partial charge in [0.25, 0.3) is 0 Å². The first-order chi connectivity index (χ1) is 6.84. The number of hydrogen-bond acceptors (Lipinski definition) is 2. The van der Waals surface area contributed by atoms with Crippen molar-refractivity contribution in [2.45, 2.75) is 19.5 Å². The Morgan fingerprint density at radius 3 is 2.40 bits per heavy atom. The van der Waals surface area contributed by atoms with Gasteiger partial charge in [-0.2, -0.15) is 13.2 Å². The van der Waals surface area contributed by atoms with E-state index in [2.05, 4.69) is 0 Å². The molecule has 0 aliphatic rings. The lowest BCUT2D eigenvalue weighted by Crippen LogP contribution is -2.08. The topological polar surface area (TPSA) is 43.1 Å². The van der Waals surface area contributed by atoms with Crippen molar-refractivity contribution < 1.29 is 18.0 Å². The first-order valence-electron chi connectivity index (χ1n) is 4.35. The van der Waals surface area contributed by atoms with Gasteiger partial charge in [-0.1, -0.05) is 6.92 Å². The van der Waals surface area contributed by atoms with Crippen LogP contribution in [0.2, 0.25) is 0 Å². The molecule has 0 fully saturated rings. The van der Waals surface area contributed by atoms with E-state index in [0.717, 1.165) is 12.1 Å². The Kier molecular flexibility index (Phi) is 3.02. The molecular weight excluding hydrogens is 207 g/mol. The fourth-order valence-corrected chi connectivity index (χ4v) is 1.18. The SMILES string of the molecule is CCC(=O)c1cc(N)cc(C(F)(F)F)c1. The third kappa shape index (κ3) is 2.71. The summed E-state index contributed by atoms with van der Waals surface area (Å²) in [4.78, 5) is 11.2. The summed E-state index contributed by atoms with van der Waals surface area (Å²) >= 11 is 0. The van der Waals surface area contributed by atoms with Gasteiger partial charge >= 0.3 is 6.18 Å². The number of alkyl halides is 3. The highest BCUT2D eigenvalue weighted by molar-refractivity contribution is 5.96. The van der Waals surface area contributed by atoms with Gasteiger partial charge in [0.1, 0.15) is 0 Å². The highest BCUT2D eigenvalue weighted by Gasteiger charge is 2.31. The molecule has 2 N–H and O–H groups in total. The lowest BCUT2D eigenvalue weighted by molar-refractivity contribution is -0.137. The van der Waals surface area contributed by atoms with Crippen LogP contribution in [-0.4, -0.2) is 5.78 Å². The van der Waals surface area contributed by atoms with Gasteiger partial charge in [0.2, 0.25) is 0 Å². The van der Waals surface area contributed by atoms with Gasteiger partial charge in [-0.3, -0.25) is 4.79 Å². The zero-order chi connectivity index (χ0) is 11.6. The normalized spacial score (nSPS) is 11.5. The third-order valence-corrected chi connectivity index (χ3v) is 1.93. The van der Waals surface area contributed by atoms with Crippen molar-refractivity contribution in [3.63, 3.8) is 0 Å². The monoisotopic (exact) mass is 217 g/mol. The molecule has 5 heteroatoms. The van der Waals surface area contributed by atoms with Crippen molar-refractivity contribution in [2.75, 3.05) is 5.73 Å². The molecular formula is C10H10F3NO. The van der Waals surface area contributed by atoms with E-state index in [9.17, 15) is 18.0 Å². The Labute approximate surface area is 84.9 Å². The summed E-state index contributed by atoms with van der Waals surface area (Å²) in [7, 11) is 0. The lowest BCUT2D eigenvalue weighted by Gasteiger charge is -2.09. The number of carbonyl (C=O) groups excluding carboxylic acids is 1. The molecule has 0 heterocycles. The van der Waals surface area contributed by atoms with Gasteiger partial charge in [-0.05, 0) is 18.2 Å². The maximum atomic E-state index is 12.3. The Morgan fingerprint density at radius 1 is 1.33 bits per heavy atom. The lowest BCUT2D eigenvalue weighted by atomic mass is 10.0. The van der Waals surface area contributed by atoms with E-state index in [1.54, 1.807) is 6.92 Å². The van der Waals surface area contributed by atoms with Crippen LogP contribution in [-0.2, 0) is 6.18 Å². The van der Waals surface area contributed by atoms with Crippen LogP contribution in [0.15, 0.2) is 18.2 Å². The number of hydrogen-bond donors (Lipinski definition) is 1. The molecule has 0 unspecified atom stereocenters. The van der Waals surface area contributed by atoms with Crippen molar-refractivity contribution in [1.82, 2.24) is 0 Å². The summed E-state index contributed by atoms with van der Waals surface area (Å²) in [6.45, 7) is 1.58. The molecule has 0 amide bonds. The van der Waals surface area contributed by atoms with Gasteiger partial charge in [0.05, 0.1) is 5.56 Å². The number of anilines is 1. The van der Waals surface area contributed by atoms with Crippen LogP contribution in [0.25, 0.3) is 0 Å². The zero-order valence-electron chi connectivity index (χ0n) is 8.06. The fraction of sp³-hybridized carbons (Fsp3) is 0.300. The standard InChI is InChI=1S/C10H10F3NO/c1-2-9(15)6-3-7(10(11,12)13)5-8(14)4-6/h3-5H,2,14H2,1H3. The predicted molar refractivity (Wildman–Crippen MR) is 50.5 cm³/mol. The van der Waals surface area contributed by atoms with E-state index in [-0.39, 0.29) is 23.5 Å². The highest BCUT2D eigenvalue weighted by atomic mass is 19.4. The Bertz CT molecular complexity index is 385. The average molecular weight is 217 g/mol. The number of ketones is 1. The summed E-state index contributed by atoms with van der Waals surface area (Å²) in [6.07, 6.45) is -4.32. The molecule has 0 atom stereocenters. The largest absolute Gasteiger partial charge is 0.416 e. The van der Waals surface area contributed by atoms with Crippen molar-refractivity contribution in [1.29, 1.82) is 0 Å². The van der Waals surface area contributed by atoms with Crippen LogP contribution < -0.4 is 5.73 Å². The number of Topliss-reactive ketones (excluding diaryl/α,β-unsaturated/α-hetero) is 1. The van der Waals surface area contributed by atoms with Gasteiger partial charge in [-0.25, -0.2) is 0 Å². The first-order valence-corrected chi connectivity index (χ1v) is 4.35. The van der Waals surface area contributed by atoms with Crippen LogP contribution >= 0.6 is 0 Å². The van der Waals surface area contributed by atoms with Crippen LogP contribution in [0.3, 0.4) is 0 Å². The fourth-order valence-electron chi connectivity index (χ4n) is 1.18. The van der Waals surface area contributed by atoms with E-state index < -0.39 is 11.7 Å². The second-order valence-corrected chi connectivity index (χ2v) is 3.12. The highest BCUT2D eigenvalue weighted by Crippen LogP contribution is 2.31. The molecule has 1 rings (SSSR count). The van der Waals surface area contributed by atoms with E-state index in [1.807, 2.05) is 0 Å². The smallest absolute Gasteiger partial charge is 0.399 e. The van der Waals surface area contributed by atoms with Crippen molar-refractivity contribution >= 4 is 11.5 Å². The molecule has 15 heavy (non-hydrogen) atoms. The van der Waals surface area contributed by atoms with Gasteiger partial charge in [-0.15, -0.1) is 0 Å². The minimum atomic E-state index is -4.47. The quantitative estimate of drug-likeness (QED) is 0.611. The van der Waals surface area contributed by atoms with Crippen LogP contribution in [0, 0.1) is 0 Å². The van der Waals surface area contributed by atoms with E-state index in [4.69, 9.17) is 5.73 Å². The predicted octanol–water partition coefficient (Wildman–Crippen LogP) is 2.88. The second kappa shape index (κ2) is 3.92. The third-order valence-electron chi connectivity index (χ3n) is 1.93. The van der Waals surface area contributed by atoms with E-state index in [0.29, 0.717) is 0 Å². The number of rotatable bonds is 2. The van der Waals surface area contributed by atoms with Crippen LogP contribution in [0.4, 0.5) is 18.9 Å². The summed E-state index contributed by atoms with van der Waals surface area (Å²) in [5.74, 6) is -0.354. The summed E-state index contributed by atoms with van der Waals surface area (Å²) in [5.41, 5.74) is 4.36. The second-order valence-electron chi connectivity index (χ2n) is 3.12. The minimum Gasteiger partial charge on any atom is -0.399 e. The molecule has 0 spiro atoms. The zero-order valence-corrected chi connectivity index (χ0v) is 8.06. The number of halogens is 3. The molecule has 82 valence electrons. The van der Waals surface area contributed by atoms with Crippen molar-refractivity contribution in [2.24, 2.45) is 0 Å². The number of nitrogens with two attached hydrogens (primary N) is 1. The maximum Gasteiger partial charge on any atom is 0.416 e. The van der Waals surface area contributed by atoms with Crippen LogP contribution in [0.5, 0.6) is 0 Å². The molecule has 0 saturated heterocycles. The maximum absolute atomic E-state index is 12.3. The number of nitrogen functional groups attached to an aromatic ring is 1. The molecule has 0 aliphatic heterocycles. The molecule has 1 aromatic carbocycles. The Hall–Kier alpha value is -1.52. The molecule has 0 radical (unpaired) electrons. The van der Waals surface area contributed by atoms with Crippen molar-refractivity contribution in [3.8, 4) is 0 Å². The minimum absolute atomic E-state index is 0.00447. The van der Waals surface area contributed by atoms with Gasteiger partial charge < -0.3 is 5.73 Å². The van der Waals surface area contributed by atoms with Gasteiger partial charge in [0, 0.05) is 17.7 Å². The Morgan fingerprint density at radius 2 is 1.93 bits per heavy atom. The van der Waals surface area contributed by atoms with Crippen LogP contribution in [0.1, 0.15) is 29.3 Å². The number of carbonyl (C=O) groups is 1. The summed E-state index contributed by atoms with van der Waals surface area (Å²) in [5, 5.41) is 0. The van der Waals surface area contributed by atoms with Crippen molar-refractivity contribution in [3.05, 3.63) is 29.3 Å². The van der Waals surface area contributed by atoms with Gasteiger partial charge in [0.15, 0.2) is 5.78 Å². The summed E-state index contributed by atoms with van der Waals surface area (Å²) < 4.78 is 37.0. The summed E-state index contributed by atoms with van der Waals surface area (Å²) in [6, 6.07) is 2.88. The first kappa shape index (κ1) is 11.6. The van der Waals surface area contributed by atoms with E-state index in [1.165, 1.54) is 6.07 Å². The molecule has 0 bridgehead atoms. The molecule has 1 aromatic rings. The average Bonchev–Trinajstić information content (AvgIpc) is 2.14. The van der Waals surface area contributed by atoms with E-state index >= 15 is 0 Å². The molecule has 0 aromatic heterocycles. The molecule has 0 aliphatic carbocycles.